The molecule has 1 saturated heterocycles. The summed E-state index contributed by atoms with van der Waals surface area (Å²) in [5.41, 5.74) is -0.997. The highest BCUT2D eigenvalue weighted by atomic mass is 16.5. The van der Waals surface area contributed by atoms with Crippen molar-refractivity contribution in [3.05, 3.63) is 11.7 Å². The minimum Gasteiger partial charge on any atom is -0.362 e. The van der Waals surface area contributed by atoms with Crippen molar-refractivity contribution in [3.63, 3.8) is 0 Å². The maximum Gasteiger partial charge on any atom is 0.253 e. The summed E-state index contributed by atoms with van der Waals surface area (Å²) in [4.78, 5) is 30.0. The Hall–Kier alpha value is -1.96. The third kappa shape index (κ3) is 3.62. The van der Waals surface area contributed by atoms with E-state index in [4.69, 9.17) is 9.26 Å². The van der Waals surface area contributed by atoms with Gasteiger partial charge in [0.05, 0.1) is 13.2 Å². The number of carbonyl (C=O) groups excluding carboxylic acids is 2. The van der Waals surface area contributed by atoms with E-state index in [1.165, 1.54) is 0 Å². The van der Waals surface area contributed by atoms with Gasteiger partial charge < -0.3 is 19.5 Å². The van der Waals surface area contributed by atoms with Crippen LogP contribution < -0.4 is 5.32 Å². The van der Waals surface area contributed by atoms with Crippen LogP contribution in [-0.2, 0) is 27.2 Å². The molecule has 1 unspecified atom stereocenters. The van der Waals surface area contributed by atoms with Crippen LogP contribution in [0.1, 0.15) is 32.0 Å². The van der Waals surface area contributed by atoms with E-state index in [-0.39, 0.29) is 24.8 Å². The van der Waals surface area contributed by atoms with Crippen LogP contribution in [0.2, 0.25) is 0 Å². The molecule has 1 aliphatic rings. The number of nitrogens with zero attached hydrogens (tertiary/aromatic N) is 3. The second kappa shape index (κ2) is 6.87. The molecule has 0 saturated carbocycles. The number of carbonyl (C=O) groups is 2. The van der Waals surface area contributed by atoms with Crippen molar-refractivity contribution in [1.29, 1.82) is 0 Å². The number of hydrogen-bond donors (Lipinski definition) is 1. The number of likely N-dealkylation sites (N-methyl/N-ethyl adjacent to an activating group) is 1. The molecule has 1 aromatic heterocycles. The Balaban J connectivity index is 1.90. The zero-order valence-corrected chi connectivity index (χ0v) is 13.2. The summed E-state index contributed by atoms with van der Waals surface area (Å²) in [6.45, 7) is 4.70. The molecule has 22 heavy (non-hydrogen) atoms. The lowest BCUT2D eigenvalue weighted by atomic mass is 10.0. The van der Waals surface area contributed by atoms with E-state index in [1.54, 1.807) is 18.9 Å². The fourth-order valence-corrected chi connectivity index (χ4v) is 2.39. The predicted octanol–water partition coefficient (Wildman–Crippen LogP) is -0.0719. The lowest BCUT2D eigenvalue weighted by Gasteiger charge is -2.39. The fourth-order valence-electron chi connectivity index (χ4n) is 2.39. The van der Waals surface area contributed by atoms with Gasteiger partial charge in [-0.2, -0.15) is 4.98 Å². The van der Waals surface area contributed by atoms with Gasteiger partial charge in [0.25, 0.3) is 5.91 Å². The molecule has 0 radical (unpaired) electrons. The Morgan fingerprint density at radius 1 is 1.45 bits per heavy atom. The molecule has 8 nitrogen and oxygen atoms in total. The monoisotopic (exact) mass is 310 g/mol. The van der Waals surface area contributed by atoms with Crippen LogP contribution in [0.4, 0.5) is 0 Å². The first-order valence-electron chi connectivity index (χ1n) is 7.44. The van der Waals surface area contributed by atoms with Gasteiger partial charge in [-0.25, -0.2) is 0 Å². The minimum absolute atomic E-state index is 0.0466. The first-order valence-corrected chi connectivity index (χ1v) is 7.44. The van der Waals surface area contributed by atoms with Crippen LogP contribution in [0.25, 0.3) is 0 Å². The van der Waals surface area contributed by atoms with Crippen LogP contribution in [0, 0.1) is 0 Å². The Morgan fingerprint density at radius 3 is 2.86 bits per heavy atom. The Bertz CT molecular complexity index is 545. The number of rotatable bonds is 5. The molecule has 0 aliphatic carbocycles. The van der Waals surface area contributed by atoms with E-state index in [0.717, 1.165) is 0 Å². The largest absolute Gasteiger partial charge is 0.362 e. The van der Waals surface area contributed by atoms with Gasteiger partial charge in [0.1, 0.15) is 0 Å². The molecule has 8 heteroatoms. The van der Waals surface area contributed by atoms with Gasteiger partial charge in [0.2, 0.25) is 11.8 Å². The van der Waals surface area contributed by atoms with Crippen LogP contribution >= 0.6 is 0 Å². The minimum atomic E-state index is -0.997. The summed E-state index contributed by atoms with van der Waals surface area (Å²) >= 11 is 0. The molecule has 1 aliphatic heterocycles. The van der Waals surface area contributed by atoms with Crippen molar-refractivity contribution < 1.29 is 18.8 Å². The van der Waals surface area contributed by atoms with Gasteiger partial charge in [-0.3, -0.25) is 9.59 Å². The molecule has 0 bridgehead atoms. The summed E-state index contributed by atoms with van der Waals surface area (Å²) in [5.74, 6) is 0.831. The predicted molar refractivity (Wildman–Crippen MR) is 77.0 cm³/mol. The summed E-state index contributed by atoms with van der Waals surface area (Å²) < 4.78 is 10.6. The third-order valence-electron chi connectivity index (χ3n) is 3.71. The van der Waals surface area contributed by atoms with Gasteiger partial charge in [-0.15, -0.1) is 0 Å². The summed E-state index contributed by atoms with van der Waals surface area (Å²) in [5, 5.41) is 6.37. The fraction of sp³-hybridized carbons (Fsp3) is 0.714. The Kier molecular flexibility index (Phi) is 5.12. The third-order valence-corrected chi connectivity index (χ3v) is 3.71. The van der Waals surface area contributed by atoms with Crippen molar-refractivity contribution in [2.24, 2.45) is 0 Å². The topological polar surface area (TPSA) is 97.6 Å². The maximum absolute atomic E-state index is 12.3. The molecule has 1 N–H and O–H groups in total. The molecule has 2 heterocycles. The summed E-state index contributed by atoms with van der Waals surface area (Å²) in [6, 6.07) is 0. The van der Waals surface area contributed by atoms with Gasteiger partial charge in [0.15, 0.2) is 11.4 Å². The molecule has 1 fully saturated rings. The van der Waals surface area contributed by atoms with Gasteiger partial charge in [-0.05, 0) is 6.92 Å². The Labute approximate surface area is 129 Å². The molecule has 0 aromatic carbocycles. The number of aryl methyl sites for hydroxylation is 2. The zero-order chi connectivity index (χ0) is 16.2. The highest BCUT2D eigenvalue weighted by molar-refractivity contribution is 5.86. The zero-order valence-electron chi connectivity index (χ0n) is 13.2. The molecule has 122 valence electrons. The second-order valence-electron chi connectivity index (χ2n) is 5.43. The highest BCUT2D eigenvalue weighted by Crippen LogP contribution is 2.19. The Morgan fingerprint density at radius 2 is 2.23 bits per heavy atom. The lowest BCUT2D eigenvalue weighted by molar-refractivity contribution is -0.162. The van der Waals surface area contributed by atoms with E-state index >= 15 is 0 Å². The molecule has 0 spiro atoms. The number of amides is 2. The number of aromatic nitrogens is 2. The quantitative estimate of drug-likeness (QED) is 0.817. The van der Waals surface area contributed by atoms with Crippen LogP contribution in [0.3, 0.4) is 0 Å². The first kappa shape index (κ1) is 16.4. The average Bonchev–Trinajstić information content (AvgIpc) is 2.99. The van der Waals surface area contributed by atoms with E-state index in [1.807, 2.05) is 6.92 Å². The lowest BCUT2D eigenvalue weighted by Crippen LogP contribution is -2.58. The van der Waals surface area contributed by atoms with Crippen molar-refractivity contribution in [2.45, 2.75) is 38.7 Å². The molecule has 2 amide bonds. The smallest absolute Gasteiger partial charge is 0.253 e. The second-order valence-corrected chi connectivity index (χ2v) is 5.43. The number of morpholine rings is 1. The summed E-state index contributed by atoms with van der Waals surface area (Å²) in [7, 11) is 1.55. The van der Waals surface area contributed by atoms with E-state index in [0.29, 0.717) is 37.7 Å². The van der Waals surface area contributed by atoms with Crippen LogP contribution in [-0.4, -0.2) is 59.2 Å². The van der Waals surface area contributed by atoms with Gasteiger partial charge in [-0.1, -0.05) is 12.1 Å². The van der Waals surface area contributed by atoms with Crippen molar-refractivity contribution in [2.75, 3.05) is 26.7 Å². The van der Waals surface area contributed by atoms with Gasteiger partial charge in [0, 0.05) is 32.9 Å². The number of nitrogens with one attached hydrogen (secondary N) is 1. The van der Waals surface area contributed by atoms with E-state index < -0.39 is 5.60 Å². The van der Waals surface area contributed by atoms with Crippen LogP contribution in [0.15, 0.2) is 4.52 Å². The first-order chi connectivity index (χ1) is 10.5. The SMILES string of the molecule is CCc1noc(CCC(=O)N2CCOC(C)(C(=O)NC)C2)n1. The van der Waals surface area contributed by atoms with E-state index in [9.17, 15) is 9.59 Å². The maximum atomic E-state index is 12.3. The molecule has 1 atom stereocenters. The van der Waals surface area contributed by atoms with Gasteiger partial charge >= 0.3 is 0 Å². The molecule has 1 aromatic rings. The number of ether oxygens (including phenoxy) is 1. The molecular weight excluding hydrogens is 288 g/mol. The normalized spacial score (nSPS) is 21.7. The molecule has 2 rings (SSSR count). The average molecular weight is 310 g/mol. The van der Waals surface area contributed by atoms with Crippen LogP contribution in [0.5, 0.6) is 0 Å². The molecular formula is C14H22N4O4. The van der Waals surface area contributed by atoms with E-state index in [2.05, 4.69) is 15.5 Å². The number of hydrogen-bond acceptors (Lipinski definition) is 6. The van der Waals surface area contributed by atoms with Crippen molar-refractivity contribution in [1.82, 2.24) is 20.4 Å². The van der Waals surface area contributed by atoms with Crippen molar-refractivity contribution in [3.8, 4) is 0 Å². The summed E-state index contributed by atoms with van der Waals surface area (Å²) in [6.07, 6.45) is 1.38. The standard InChI is InChI=1S/C14H22N4O4/c1-4-10-16-11(22-17-10)5-6-12(19)18-7-8-21-14(2,9-18)13(20)15-3/h4-9H2,1-3H3,(H,15,20). The highest BCUT2D eigenvalue weighted by Gasteiger charge is 2.40. The van der Waals surface area contributed by atoms with Crippen molar-refractivity contribution >= 4 is 11.8 Å².